The molecule has 0 bridgehead atoms. The molecule has 0 aliphatic heterocycles. The SMILES string of the molecule is CCC(=O)c1ccc(OC[C@@H](O)Cn2cnc3cc(C)c(C)cc32)cc1. The van der Waals surface area contributed by atoms with E-state index in [1.807, 2.05) is 11.5 Å². The van der Waals surface area contributed by atoms with Gasteiger partial charge in [-0.3, -0.25) is 4.79 Å². The highest BCUT2D eigenvalue weighted by atomic mass is 16.5. The van der Waals surface area contributed by atoms with Crippen LogP contribution < -0.4 is 4.74 Å². The number of aryl methyl sites for hydroxylation is 2. The van der Waals surface area contributed by atoms with Crippen molar-refractivity contribution in [2.75, 3.05) is 6.61 Å². The van der Waals surface area contributed by atoms with Gasteiger partial charge in [0.05, 0.1) is 23.9 Å². The lowest BCUT2D eigenvalue weighted by molar-refractivity contribution is 0.0932. The molecule has 0 aliphatic rings. The maximum absolute atomic E-state index is 11.6. The number of ketones is 1. The van der Waals surface area contributed by atoms with E-state index >= 15 is 0 Å². The maximum atomic E-state index is 11.6. The Hall–Kier alpha value is -2.66. The second-order valence-corrected chi connectivity index (χ2v) is 6.59. The lowest BCUT2D eigenvalue weighted by Gasteiger charge is -2.14. The highest BCUT2D eigenvalue weighted by Crippen LogP contribution is 2.19. The number of aromatic nitrogens is 2. The predicted octanol–water partition coefficient (Wildman–Crippen LogP) is 3.69. The molecule has 0 fully saturated rings. The zero-order valence-electron chi connectivity index (χ0n) is 15.4. The molecule has 3 aromatic rings. The summed E-state index contributed by atoms with van der Waals surface area (Å²) in [5.41, 5.74) is 5.02. The molecular formula is C21H24N2O3. The van der Waals surface area contributed by atoms with Crippen LogP contribution >= 0.6 is 0 Å². The Morgan fingerprint density at radius 1 is 1.19 bits per heavy atom. The number of imidazole rings is 1. The van der Waals surface area contributed by atoms with Crippen molar-refractivity contribution < 1.29 is 14.6 Å². The number of nitrogens with zero attached hydrogens (tertiary/aromatic N) is 2. The Balaban J connectivity index is 1.61. The number of aliphatic hydroxyl groups excluding tert-OH is 1. The number of Topliss-reactive ketones (excluding diaryl/α,β-unsaturated/α-hetero) is 1. The largest absolute Gasteiger partial charge is 0.491 e. The average molecular weight is 352 g/mol. The number of fused-ring (bicyclic) bond motifs is 1. The third kappa shape index (κ3) is 3.94. The van der Waals surface area contributed by atoms with Crippen LogP contribution in [-0.2, 0) is 6.54 Å². The molecule has 1 N–H and O–H groups in total. The molecule has 1 aromatic heterocycles. The summed E-state index contributed by atoms with van der Waals surface area (Å²) in [5, 5.41) is 10.3. The molecule has 0 saturated carbocycles. The molecule has 0 saturated heterocycles. The lowest BCUT2D eigenvalue weighted by atomic mass is 10.1. The fourth-order valence-electron chi connectivity index (χ4n) is 2.87. The number of hydrogen-bond donors (Lipinski definition) is 1. The summed E-state index contributed by atoms with van der Waals surface area (Å²) in [6.07, 6.45) is 1.57. The zero-order chi connectivity index (χ0) is 18.7. The van der Waals surface area contributed by atoms with Crippen molar-refractivity contribution >= 4 is 16.8 Å². The Morgan fingerprint density at radius 3 is 2.58 bits per heavy atom. The van der Waals surface area contributed by atoms with Gasteiger partial charge in [-0.15, -0.1) is 0 Å². The molecule has 3 rings (SSSR count). The van der Waals surface area contributed by atoms with Gasteiger partial charge >= 0.3 is 0 Å². The molecule has 5 heteroatoms. The second-order valence-electron chi connectivity index (χ2n) is 6.59. The first-order valence-corrected chi connectivity index (χ1v) is 8.84. The summed E-state index contributed by atoms with van der Waals surface area (Å²) >= 11 is 0. The van der Waals surface area contributed by atoms with Crippen molar-refractivity contribution in [3.63, 3.8) is 0 Å². The first-order valence-electron chi connectivity index (χ1n) is 8.84. The minimum absolute atomic E-state index is 0.106. The van der Waals surface area contributed by atoms with E-state index in [0.29, 0.717) is 24.3 Å². The van der Waals surface area contributed by atoms with Crippen molar-refractivity contribution in [1.82, 2.24) is 9.55 Å². The minimum atomic E-state index is -0.661. The topological polar surface area (TPSA) is 64.3 Å². The Morgan fingerprint density at radius 2 is 1.88 bits per heavy atom. The lowest BCUT2D eigenvalue weighted by Crippen LogP contribution is -2.23. The van der Waals surface area contributed by atoms with E-state index in [-0.39, 0.29) is 12.4 Å². The average Bonchev–Trinajstić information content (AvgIpc) is 3.01. The molecule has 1 atom stereocenters. The smallest absolute Gasteiger partial charge is 0.162 e. The summed E-state index contributed by atoms with van der Waals surface area (Å²) in [5.74, 6) is 0.743. The summed E-state index contributed by atoms with van der Waals surface area (Å²) in [4.78, 5) is 16.0. The van der Waals surface area contributed by atoms with E-state index in [2.05, 4.69) is 31.0 Å². The van der Waals surface area contributed by atoms with Crippen LogP contribution in [0.3, 0.4) is 0 Å². The molecule has 1 heterocycles. The van der Waals surface area contributed by atoms with Gasteiger partial charge in [-0.05, 0) is 61.4 Å². The van der Waals surface area contributed by atoms with Gasteiger partial charge in [0, 0.05) is 12.0 Å². The standard InChI is InChI=1S/C21H24N2O3/c1-4-21(25)16-5-7-18(8-6-16)26-12-17(24)11-23-13-22-19-9-14(2)15(3)10-20(19)23/h5-10,13,17,24H,4,11-12H2,1-3H3/t17-/m0/s1. The normalized spacial score (nSPS) is 12.3. The van der Waals surface area contributed by atoms with Crippen LogP contribution in [0.25, 0.3) is 11.0 Å². The summed E-state index contributed by atoms with van der Waals surface area (Å²) in [6, 6.07) is 11.2. The van der Waals surface area contributed by atoms with Gasteiger partial charge in [0.1, 0.15) is 18.5 Å². The Bertz CT molecular complexity index is 913. The summed E-state index contributed by atoms with van der Waals surface area (Å²) in [7, 11) is 0. The highest BCUT2D eigenvalue weighted by molar-refractivity contribution is 5.95. The van der Waals surface area contributed by atoms with Gasteiger partial charge < -0.3 is 14.4 Å². The first kappa shape index (κ1) is 18.1. The summed E-state index contributed by atoms with van der Waals surface area (Å²) < 4.78 is 7.59. The van der Waals surface area contributed by atoms with Crippen LogP contribution in [0.5, 0.6) is 5.75 Å². The van der Waals surface area contributed by atoms with E-state index in [0.717, 1.165) is 11.0 Å². The number of hydrogen-bond acceptors (Lipinski definition) is 4. The fraction of sp³-hybridized carbons (Fsp3) is 0.333. The van der Waals surface area contributed by atoms with Crippen molar-refractivity contribution in [3.8, 4) is 5.75 Å². The van der Waals surface area contributed by atoms with Crippen LogP contribution in [0.15, 0.2) is 42.7 Å². The van der Waals surface area contributed by atoms with Gasteiger partial charge in [0.25, 0.3) is 0 Å². The number of aliphatic hydroxyl groups is 1. The fourth-order valence-corrected chi connectivity index (χ4v) is 2.87. The van der Waals surface area contributed by atoms with E-state index < -0.39 is 6.10 Å². The van der Waals surface area contributed by atoms with Crippen molar-refractivity contribution in [2.45, 2.75) is 39.8 Å². The monoisotopic (exact) mass is 352 g/mol. The molecule has 0 radical (unpaired) electrons. The van der Waals surface area contributed by atoms with E-state index in [9.17, 15) is 9.90 Å². The third-order valence-electron chi connectivity index (χ3n) is 4.58. The molecule has 0 amide bonds. The van der Waals surface area contributed by atoms with Crippen LogP contribution in [0.2, 0.25) is 0 Å². The van der Waals surface area contributed by atoms with Crippen LogP contribution in [-0.4, -0.2) is 33.2 Å². The van der Waals surface area contributed by atoms with Crippen molar-refractivity contribution in [3.05, 3.63) is 59.4 Å². The number of benzene rings is 2. The van der Waals surface area contributed by atoms with Gasteiger partial charge in [0.2, 0.25) is 0 Å². The molecule has 0 aliphatic carbocycles. The van der Waals surface area contributed by atoms with Crippen LogP contribution in [0.4, 0.5) is 0 Å². The number of carbonyl (C=O) groups excluding carboxylic acids is 1. The minimum Gasteiger partial charge on any atom is -0.491 e. The third-order valence-corrected chi connectivity index (χ3v) is 4.58. The highest BCUT2D eigenvalue weighted by Gasteiger charge is 2.11. The van der Waals surface area contributed by atoms with Gasteiger partial charge in [0.15, 0.2) is 5.78 Å². The Labute approximate surface area is 153 Å². The zero-order valence-corrected chi connectivity index (χ0v) is 15.4. The van der Waals surface area contributed by atoms with Crippen molar-refractivity contribution in [1.29, 1.82) is 0 Å². The van der Waals surface area contributed by atoms with E-state index in [1.165, 1.54) is 11.1 Å². The van der Waals surface area contributed by atoms with Crippen LogP contribution in [0, 0.1) is 13.8 Å². The molecule has 0 unspecified atom stereocenters. The summed E-state index contributed by atoms with van der Waals surface area (Å²) in [6.45, 7) is 6.55. The van der Waals surface area contributed by atoms with Gasteiger partial charge in [-0.1, -0.05) is 6.92 Å². The molecule has 5 nitrogen and oxygen atoms in total. The second kappa shape index (κ2) is 7.70. The van der Waals surface area contributed by atoms with Crippen LogP contribution in [0.1, 0.15) is 34.8 Å². The van der Waals surface area contributed by atoms with E-state index in [1.54, 1.807) is 30.6 Å². The van der Waals surface area contributed by atoms with Gasteiger partial charge in [-0.2, -0.15) is 0 Å². The van der Waals surface area contributed by atoms with Gasteiger partial charge in [-0.25, -0.2) is 4.98 Å². The quantitative estimate of drug-likeness (QED) is 0.659. The Kier molecular flexibility index (Phi) is 5.38. The molecule has 0 spiro atoms. The predicted molar refractivity (Wildman–Crippen MR) is 102 cm³/mol. The maximum Gasteiger partial charge on any atom is 0.162 e. The molecule has 136 valence electrons. The number of rotatable bonds is 7. The van der Waals surface area contributed by atoms with E-state index in [4.69, 9.17) is 4.74 Å². The van der Waals surface area contributed by atoms with Crippen molar-refractivity contribution in [2.24, 2.45) is 0 Å². The molecular weight excluding hydrogens is 328 g/mol. The number of ether oxygens (including phenoxy) is 1. The molecule has 26 heavy (non-hydrogen) atoms. The first-order chi connectivity index (χ1) is 12.5. The number of carbonyl (C=O) groups is 1. The molecule has 2 aromatic carbocycles.